The van der Waals surface area contributed by atoms with Crippen molar-refractivity contribution in [3.05, 3.63) is 36.5 Å². The van der Waals surface area contributed by atoms with Gasteiger partial charge < -0.3 is 9.63 Å². The molecule has 0 saturated heterocycles. The van der Waals surface area contributed by atoms with Gasteiger partial charge in [0.05, 0.1) is 0 Å². The minimum Gasteiger partial charge on any atom is -0.566 e. The second-order valence-corrected chi connectivity index (χ2v) is 3.65. The third kappa shape index (κ3) is 4.00. The summed E-state index contributed by atoms with van der Waals surface area (Å²) in [7, 11) is -2.89. The number of aromatic nitrogens is 1. The Kier molecular flexibility index (Phi) is 5.98. The molecule has 17 heavy (non-hydrogen) atoms. The summed E-state index contributed by atoms with van der Waals surface area (Å²) < 4.78 is 19.6. The van der Waals surface area contributed by atoms with E-state index in [1.165, 1.54) is 0 Å². The van der Waals surface area contributed by atoms with Crippen LogP contribution in [0.2, 0.25) is 0 Å². The molecule has 1 atom stereocenters. The van der Waals surface area contributed by atoms with Gasteiger partial charge in [0.15, 0.2) is 0 Å². The molecule has 1 aromatic carbocycles. The molecule has 1 aromatic heterocycles. The molecule has 0 aliphatic carbocycles. The van der Waals surface area contributed by atoms with Crippen LogP contribution in [0.15, 0.2) is 36.5 Å². The summed E-state index contributed by atoms with van der Waals surface area (Å²) in [5.74, 6) is 0.495. The monoisotopic (exact) mass is 260 g/mol. The fraction of sp³-hybridized carbons (Fsp3) is 0.100. The van der Waals surface area contributed by atoms with E-state index < -0.39 is 8.25 Å². The normalized spacial score (nSPS) is 10.8. The van der Waals surface area contributed by atoms with E-state index in [1.807, 2.05) is 18.2 Å². The van der Waals surface area contributed by atoms with Crippen molar-refractivity contribution in [1.29, 1.82) is 0 Å². The average Bonchev–Trinajstić information content (AvgIpc) is 2.29. The number of fused-ring (bicyclic) bond motifs is 1. The molecule has 7 heteroatoms. The zero-order valence-corrected chi connectivity index (χ0v) is 12.1. The van der Waals surface area contributed by atoms with E-state index >= 15 is 0 Å². The van der Waals surface area contributed by atoms with E-state index in [1.54, 1.807) is 18.3 Å². The Morgan fingerprint density at radius 2 is 2.06 bits per heavy atom. The topological polar surface area (TPSA) is 71.5 Å². The van der Waals surface area contributed by atoms with Crippen molar-refractivity contribution in [2.75, 3.05) is 6.79 Å². The van der Waals surface area contributed by atoms with E-state index in [4.69, 9.17) is 4.74 Å². The number of hydrogen-bond acceptors (Lipinski definition) is 5. The Bertz CT molecular complexity index is 517. The first-order valence-corrected chi connectivity index (χ1v) is 5.61. The molecule has 1 unspecified atom stereocenters. The number of pyridine rings is 1. The molecule has 0 fully saturated rings. The average molecular weight is 260 g/mol. The summed E-state index contributed by atoms with van der Waals surface area (Å²) >= 11 is 0. The number of ether oxygens (including phenoxy) is 1. The maximum absolute atomic E-state index is 10.2. The van der Waals surface area contributed by atoms with Gasteiger partial charge in [0.25, 0.3) is 0 Å². The molecule has 0 radical (unpaired) electrons. The molecule has 0 spiro atoms. The van der Waals surface area contributed by atoms with Gasteiger partial charge in [0, 0.05) is 11.6 Å². The van der Waals surface area contributed by atoms with Crippen molar-refractivity contribution in [3.8, 4) is 5.75 Å². The van der Waals surface area contributed by atoms with Crippen LogP contribution in [0.1, 0.15) is 0 Å². The second kappa shape index (κ2) is 7.01. The fourth-order valence-electron chi connectivity index (χ4n) is 1.33. The van der Waals surface area contributed by atoms with Crippen LogP contribution in [0.5, 0.6) is 5.75 Å². The van der Waals surface area contributed by atoms with Gasteiger partial charge in [-0.1, -0.05) is 18.2 Å². The molecule has 82 valence electrons. The van der Waals surface area contributed by atoms with Gasteiger partial charge >= 0.3 is 37.8 Å². The maximum Gasteiger partial charge on any atom is 1.00 e. The van der Waals surface area contributed by atoms with Gasteiger partial charge in [-0.05, 0) is 16.7 Å². The summed E-state index contributed by atoms with van der Waals surface area (Å²) in [6.45, 7) is -0.339. The zero-order chi connectivity index (χ0) is 11.4. The summed E-state index contributed by atoms with van der Waals surface area (Å²) in [5.41, 5.74) is 0.676. The van der Waals surface area contributed by atoms with Crippen LogP contribution in [-0.4, -0.2) is 11.8 Å². The van der Waals surface area contributed by atoms with E-state index in [9.17, 15) is 9.46 Å². The molecule has 0 aliphatic heterocycles. The maximum atomic E-state index is 10.2. The van der Waals surface area contributed by atoms with E-state index in [-0.39, 0.29) is 36.4 Å². The standard InChI is InChI=1S/C10H8NO4P.Na/c12-16(13)15-7-14-9-5-1-3-8-4-2-6-11-10(8)9;/h1-6H,7H2;/q;+1. The minimum atomic E-state index is -2.89. The van der Waals surface area contributed by atoms with Crippen molar-refractivity contribution in [2.45, 2.75) is 0 Å². The minimum absolute atomic E-state index is 0. The smallest absolute Gasteiger partial charge is 0.566 e. The van der Waals surface area contributed by atoms with Gasteiger partial charge in [-0.15, -0.1) is 4.52 Å². The molecule has 0 amide bonds. The number of rotatable bonds is 4. The van der Waals surface area contributed by atoms with Crippen LogP contribution in [0, 0.1) is 0 Å². The van der Waals surface area contributed by atoms with Crippen LogP contribution in [-0.2, 0) is 9.09 Å². The Morgan fingerprint density at radius 1 is 1.29 bits per heavy atom. The Hall–Kier alpha value is -0.550. The first kappa shape index (κ1) is 14.5. The van der Waals surface area contributed by atoms with Crippen molar-refractivity contribution < 1.29 is 48.3 Å². The van der Waals surface area contributed by atoms with Crippen LogP contribution < -0.4 is 39.2 Å². The first-order valence-electron chi connectivity index (χ1n) is 4.51. The summed E-state index contributed by atoms with van der Waals surface area (Å²) in [6, 6.07) is 9.11. The van der Waals surface area contributed by atoms with Gasteiger partial charge in [0.1, 0.15) is 11.3 Å². The predicted octanol–water partition coefficient (Wildman–Crippen LogP) is -1.39. The van der Waals surface area contributed by atoms with Crippen molar-refractivity contribution in [1.82, 2.24) is 4.98 Å². The van der Waals surface area contributed by atoms with Crippen LogP contribution in [0.25, 0.3) is 10.9 Å². The molecule has 2 rings (SSSR count). The van der Waals surface area contributed by atoms with E-state index in [2.05, 4.69) is 9.51 Å². The third-order valence-corrected chi connectivity index (χ3v) is 2.28. The summed E-state index contributed by atoms with van der Waals surface area (Å²) in [5, 5.41) is 0.923. The van der Waals surface area contributed by atoms with Crippen molar-refractivity contribution in [3.63, 3.8) is 0 Å². The van der Waals surface area contributed by atoms with Crippen LogP contribution >= 0.6 is 8.25 Å². The molecule has 0 aliphatic rings. The molecule has 2 aromatic rings. The number of benzene rings is 1. The first-order chi connectivity index (χ1) is 7.77. The molecule has 0 N–H and O–H groups in total. The summed E-state index contributed by atoms with van der Waals surface area (Å²) in [4.78, 5) is 14.3. The van der Waals surface area contributed by atoms with E-state index in [0.29, 0.717) is 11.3 Å². The number of nitrogens with zero attached hydrogens (tertiary/aromatic N) is 1. The quantitative estimate of drug-likeness (QED) is 0.384. The Labute approximate surface area is 121 Å². The van der Waals surface area contributed by atoms with Crippen LogP contribution in [0.4, 0.5) is 0 Å². The van der Waals surface area contributed by atoms with Crippen molar-refractivity contribution in [2.24, 2.45) is 0 Å². The van der Waals surface area contributed by atoms with Crippen LogP contribution in [0.3, 0.4) is 0 Å². The molecular formula is C10H8NNaO4P+. The SMILES string of the molecule is O=[P+]([O-])OCOc1cccc2cccnc12.[Na+]. The third-order valence-electron chi connectivity index (χ3n) is 1.97. The van der Waals surface area contributed by atoms with Gasteiger partial charge in [-0.3, -0.25) is 4.98 Å². The second-order valence-electron chi connectivity index (χ2n) is 2.95. The zero-order valence-electron chi connectivity index (χ0n) is 9.20. The molecule has 5 nitrogen and oxygen atoms in total. The Morgan fingerprint density at radius 3 is 2.82 bits per heavy atom. The fourth-order valence-corrected chi connectivity index (χ4v) is 1.46. The number of hydrogen-bond donors (Lipinski definition) is 0. The largest absolute Gasteiger partial charge is 1.00 e. The van der Waals surface area contributed by atoms with Crippen molar-refractivity contribution >= 4 is 19.2 Å². The molecular weight excluding hydrogens is 252 g/mol. The molecule has 0 saturated carbocycles. The molecule has 1 heterocycles. The molecule has 0 bridgehead atoms. The number of para-hydroxylation sites is 1. The van der Waals surface area contributed by atoms with Gasteiger partial charge in [0.2, 0.25) is 6.79 Å². The predicted molar refractivity (Wildman–Crippen MR) is 55.9 cm³/mol. The Balaban J connectivity index is 0.00000144. The van der Waals surface area contributed by atoms with Gasteiger partial charge in [-0.25, -0.2) is 0 Å². The van der Waals surface area contributed by atoms with Gasteiger partial charge in [-0.2, -0.15) is 0 Å². The van der Waals surface area contributed by atoms with E-state index in [0.717, 1.165) is 5.39 Å². The summed E-state index contributed by atoms with van der Waals surface area (Å²) in [6.07, 6.45) is 1.64.